The molecule has 0 heterocycles. The topological polar surface area (TPSA) is 75.6 Å². The Morgan fingerprint density at radius 3 is 2.61 bits per heavy atom. The molecule has 0 saturated heterocycles. The molecule has 2 N–H and O–H groups in total. The lowest BCUT2D eigenvalue weighted by atomic mass is 10.1. The van der Waals surface area contributed by atoms with E-state index >= 15 is 0 Å². The highest BCUT2D eigenvalue weighted by Gasteiger charge is 2.17. The molecule has 0 radical (unpaired) electrons. The Kier molecular flexibility index (Phi) is 5.24. The zero-order valence-corrected chi connectivity index (χ0v) is 13.4. The second-order valence-electron chi connectivity index (χ2n) is 5.04. The molecule has 0 bridgehead atoms. The first-order valence-corrected chi connectivity index (χ1v) is 7.31. The number of aromatic carboxylic acids is 1. The molecular weight excluding hydrogens is 318 g/mol. The molecule has 0 unspecified atom stereocenters. The van der Waals surface area contributed by atoms with E-state index < -0.39 is 12.1 Å². The molecule has 0 aromatic heterocycles. The third-order valence-corrected chi connectivity index (χ3v) is 3.46. The Hall–Kier alpha value is -2.53. The van der Waals surface area contributed by atoms with Gasteiger partial charge >= 0.3 is 5.97 Å². The van der Waals surface area contributed by atoms with Gasteiger partial charge in [-0.1, -0.05) is 23.7 Å². The van der Waals surface area contributed by atoms with E-state index in [-0.39, 0.29) is 11.5 Å². The summed E-state index contributed by atoms with van der Waals surface area (Å²) in [6.45, 7) is 3.39. The maximum absolute atomic E-state index is 12.2. The van der Waals surface area contributed by atoms with Crippen LogP contribution < -0.4 is 10.1 Å². The van der Waals surface area contributed by atoms with Crippen molar-refractivity contribution in [1.82, 2.24) is 0 Å². The third kappa shape index (κ3) is 4.47. The number of hydrogen-bond donors (Lipinski definition) is 2. The smallest absolute Gasteiger partial charge is 0.335 e. The van der Waals surface area contributed by atoms with Crippen molar-refractivity contribution in [3.8, 4) is 5.75 Å². The summed E-state index contributed by atoms with van der Waals surface area (Å²) in [7, 11) is 0. The number of hydrogen-bond acceptors (Lipinski definition) is 3. The van der Waals surface area contributed by atoms with E-state index in [0.29, 0.717) is 16.5 Å². The zero-order valence-electron chi connectivity index (χ0n) is 12.7. The lowest BCUT2D eigenvalue weighted by molar-refractivity contribution is -0.122. The van der Waals surface area contributed by atoms with E-state index in [0.717, 1.165) is 5.56 Å². The average molecular weight is 334 g/mol. The summed E-state index contributed by atoms with van der Waals surface area (Å²) in [4.78, 5) is 23.2. The van der Waals surface area contributed by atoms with Crippen molar-refractivity contribution in [2.45, 2.75) is 20.0 Å². The van der Waals surface area contributed by atoms with Crippen LogP contribution in [0, 0.1) is 6.92 Å². The second-order valence-corrected chi connectivity index (χ2v) is 5.48. The second kappa shape index (κ2) is 7.15. The van der Waals surface area contributed by atoms with Crippen molar-refractivity contribution >= 4 is 29.2 Å². The number of carbonyl (C=O) groups excluding carboxylic acids is 1. The maximum atomic E-state index is 12.2. The molecule has 2 rings (SSSR count). The van der Waals surface area contributed by atoms with Crippen molar-refractivity contribution in [2.24, 2.45) is 0 Å². The molecule has 0 aliphatic carbocycles. The molecule has 2 aromatic carbocycles. The van der Waals surface area contributed by atoms with Crippen LogP contribution in [0.25, 0.3) is 0 Å². The van der Waals surface area contributed by atoms with Crippen LogP contribution in [-0.4, -0.2) is 23.1 Å². The van der Waals surface area contributed by atoms with E-state index in [1.807, 2.05) is 0 Å². The lowest BCUT2D eigenvalue weighted by Gasteiger charge is -2.16. The quantitative estimate of drug-likeness (QED) is 0.873. The van der Waals surface area contributed by atoms with Crippen molar-refractivity contribution in [2.75, 3.05) is 5.32 Å². The number of rotatable bonds is 5. The molecule has 2 aromatic rings. The van der Waals surface area contributed by atoms with Crippen LogP contribution in [0.3, 0.4) is 0 Å². The number of halogens is 1. The molecule has 1 amide bonds. The SMILES string of the molecule is Cc1ccc(C(=O)O)cc1NC(=O)[C@H](C)Oc1cccc(Cl)c1. The molecule has 5 nitrogen and oxygen atoms in total. The summed E-state index contributed by atoms with van der Waals surface area (Å²) < 4.78 is 5.53. The Morgan fingerprint density at radius 1 is 1.22 bits per heavy atom. The maximum Gasteiger partial charge on any atom is 0.335 e. The Bertz CT molecular complexity index is 745. The molecule has 0 spiro atoms. The molecular formula is C17H16ClNO4. The van der Waals surface area contributed by atoms with Gasteiger partial charge < -0.3 is 15.2 Å². The monoisotopic (exact) mass is 333 g/mol. The molecule has 0 aliphatic rings. The number of anilines is 1. The third-order valence-electron chi connectivity index (χ3n) is 3.22. The van der Waals surface area contributed by atoms with Gasteiger partial charge in [-0.3, -0.25) is 4.79 Å². The Balaban J connectivity index is 2.09. The van der Waals surface area contributed by atoms with Crippen molar-refractivity contribution in [3.05, 3.63) is 58.6 Å². The molecule has 1 atom stereocenters. The number of aryl methyl sites for hydroxylation is 1. The van der Waals surface area contributed by atoms with Crippen LogP contribution in [0.1, 0.15) is 22.8 Å². The van der Waals surface area contributed by atoms with Crippen LogP contribution in [0.2, 0.25) is 5.02 Å². The van der Waals surface area contributed by atoms with E-state index in [4.69, 9.17) is 21.4 Å². The minimum Gasteiger partial charge on any atom is -0.481 e. The van der Waals surface area contributed by atoms with Crippen LogP contribution in [0.15, 0.2) is 42.5 Å². The highest BCUT2D eigenvalue weighted by molar-refractivity contribution is 6.30. The molecule has 0 aliphatic heterocycles. The molecule has 6 heteroatoms. The summed E-state index contributed by atoms with van der Waals surface area (Å²) >= 11 is 5.87. The van der Waals surface area contributed by atoms with Gasteiger partial charge in [-0.2, -0.15) is 0 Å². The van der Waals surface area contributed by atoms with Gasteiger partial charge in [0.15, 0.2) is 6.10 Å². The minimum atomic E-state index is -1.05. The molecule has 120 valence electrons. The fourth-order valence-electron chi connectivity index (χ4n) is 1.92. The van der Waals surface area contributed by atoms with Crippen molar-refractivity contribution < 1.29 is 19.4 Å². The number of carbonyl (C=O) groups is 2. The van der Waals surface area contributed by atoms with E-state index in [9.17, 15) is 9.59 Å². The molecule has 0 saturated carbocycles. The first-order valence-electron chi connectivity index (χ1n) is 6.94. The van der Waals surface area contributed by atoms with Gasteiger partial charge in [-0.15, -0.1) is 0 Å². The van der Waals surface area contributed by atoms with Gasteiger partial charge in [0.05, 0.1) is 5.56 Å². The standard InChI is InChI=1S/C17H16ClNO4/c1-10-6-7-12(17(21)22)8-15(10)19-16(20)11(2)23-14-5-3-4-13(18)9-14/h3-9,11H,1-2H3,(H,19,20)(H,21,22)/t11-/m0/s1. The van der Waals surface area contributed by atoms with Crippen LogP contribution in [0.4, 0.5) is 5.69 Å². The van der Waals surface area contributed by atoms with Gasteiger partial charge in [0.25, 0.3) is 5.91 Å². The van der Waals surface area contributed by atoms with Gasteiger partial charge in [0.1, 0.15) is 5.75 Å². The van der Waals surface area contributed by atoms with E-state index in [1.165, 1.54) is 12.1 Å². The zero-order chi connectivity index (χ0) is 17.0. The normalized spacial score (nSPS) is 11.6. The fourth-order valence-corrected chi connectivity index (χ4v) is 2.10. The van der Waals surface area contributed by atoms with Gasteiger partial charge in [0.2, 0.25) is 0 Å². The number of carboxylic acids is 1. The highest BCUT2D eigenvalue weighted by atomic mass is 35.5. The molecule has 0 fully saturated rings. The predicted octanol–water partition coefficient (Wildman–Crippen LogP) is 3.75. The number of ether oxygens (including phenoxy) is 1. The van der Waals surface area contributed by atoms with Crippen LogP contribution >= 0.6 is 11.6 Å². The summed E-state index contributed by atoms with van der Waals surface area (Å²) in [6, 6.07) is 11.3. The van der Waals surface area contributed by atoms with Gasteiger partial charge in [-0.25, -0.2) is 4.79 Å². The first-order chi connectivity index (χ1) is 10.9. The summed E-state index contributed by atoms with van der Waals surface area (Å²) in [5, 5.41) is 12.2. The number of carboxylic acid groups (broad SMARTS) is 1. The van der Waals surface area contributed by atoms with Crippen LogP contribution in [0.5, 0.6) is 5.75 Å². The largest absolute Gasteiger partial charge is 0.481 e. The Morgan fingerprint density at radius 2 is 1.96 bits per heavy atom. The van der Waals surface area contributed by atoms with Crippen molar-refractivity contribution in [3.63, 3.8) is 0 Å². The Labute approximate surface area is 138 Å². The lowest BCUT2D eigenvalue weighted by Crippen LogP contribution is -2.30. The predicted molar refractivity (Wildman–Crippen MR) is 88.3 cm³/mol. The number of amides is 1. The fraction of sp³-hybridized carbons (Fsp3) is 0.176. The average Bonchev–Trinajstić information content (AvgIpc) is 2.49. The van der Waals surface area contributed by atoms with Crippen LogP contribution in [-0.2, 0) is 4.79 Å². The van der Waals surface area contributed by atoms with Gasteiger partial charge in [-0.05, 0) is 49.7 Å². The summed E-state index contributed by atoms with van der Waals surface area (Å²) in [5.41, 5.74) is 1.31. The molecule has 23 heavy (non-hydrogen) atoms. The van der Waals surface area contributed by atoms with Crippen molar-refractivity contribution in [1.29, 1.82) is 0 Å². The van der Waals surface area contributed by atoms with E-state index in [1.54, 1.807) is 44.2 Å². The summed E-state index contributed by atoms with van der Waals surface area (Å²) in [6.07, 6.45) is -0.763. The minimum absolute atomic E-state index is 0.106. The number of nitrogens with one attached hydrogen (secondary N) is 1. The number of benzene rings is 2. The first kappa shape index (κ1) is 16.8. The summed E-state index contributed by atoms with van der Waals surface area (Å²) in [5.74, 6) is -0.949. The van der Waals surface area contributed by atoms with E-state index in [2.05, 4.69) is 5.32 Å². The highest BCUT2D eigenvalue weighted by Crippen LogP contribution is 2.20. The van der Waals surface area contributed by atoms with Gasteiger partial charge in [0, 0.05) is 10.7 Å².